The zero-order valence-corrected chi connectivity index (χ0v) is 15.3. The van der Waals surface area contributed by atoms with E-state index in [2.05, 4.69) is 10.3 Å². The van der Waals surface area contributed by atoms with Crippen molar-refractivity contribution in [3.05, 3.63) is 59.8 Å². The average Bonchev–Trinajstić information content (AvgIpc) is 3.42. The van der Waals surface area contributed by atoms with E-state index in [1.54, 1.807) is 18.2 Å². The molecule has 8 heteroatoms. The Morgan fingerprint density at radius 1 is 1.10 bits per heavy atom. The lowest BCUT2D eigenvalue weighted by atomic mass is 10.0. The predicted molar refractivity (Wildman–Crippen MR) is 103 cm³/mol. The Hall–Kier alpha value is -3.81. The van der Waals surface area contributed by atoms with Gasteiger partial charge in [-0.1, -0.05) is 18.2 Å². The maximum atomic E-state index is 12.8. The number of Topliss-reactive ketones (excluding diaryl/α,β-unsaturated/α-hetero) is 1. The highest BCUT2D eigenvalue weighted by Gasteiger charge is 2.39. The molecule has 5 rings (SSSR count). The highest BCUT2D eigenvalue weighted by atomic mass is 16.7. The highest BCUT2D eigenvalue weighted by molar-refractivity contribution is 6.09. The molecule has 0 spiro atoms. The third-order valence-electron chi connectivity index (χ3n) is 5.20. The number of aromatic nitrogens is 1. The summed E-state index contributed by atoms with van der Waals surface area (Å²) in [6.07, 6.45) is 2.19. The number of rotatable bonds is 5. The van der Waals surface area contributed by atoms with Crippen LogP contribution in [-0.2, 0) is 11.2 Å². The van der Waals surface area contributed by atoms with Crippen molar-refractivity contribution in [3.8, 4) is 11.5 Å². The van der Waals surface area contributed by atoms with E-state index in [4.69, 9.17) is 9.47 Å². The van der Waals surface area contributed by atoms with E-state index in [9.17, 15) is 14.4 Å². The van der Waals surface area contributed by atoms with Crippen LogP contribution in [0.5, 0.6) is 11.5 Å². The van der Waals surface area contributed by atoms with E-state index in [-0.39, 0.29) is 19.1 Å². The van der Waals surface area contributed by atoms with Crippen molar-refractivity contribution in [2.45, 2.75) is 12.5 Å². The quantitative estimate of drug-likeness (QED) is 0.513. The zero-order chi connectivity index (χ0) is 20.0. The van der Waals surface area contributed by atoms with Gasteiger partial charge in [0.1, 0.15) is 6.04 Å². The molecular weight excluding hydrogens is 374 g/mol. The van der Waals surface area contributed by atoms with Crippen molar-refractivity contribution < 1.29 is 23.9 Å². The average molecular weight is 391 g/mol. The number of amides is 3. The maximum absolute atomic E-state index is 12.8. The molecule has 1 aromatic heterocycles. The number of hydrogen-bond donors (Lipinski definition) is 2. The Bertz CT molecular complexity index is 1150. The first kappa shape index (κ1) is 17.3. The molecule has 0 bridgehead atoms. The number of aromatic amines is 1. The molecule has 8 nitrogen and oxygen atoms in total. The number of ketones is 1. The summed E-state index contributed by atoms with van der Waals surface area (Å²) in [5.74, 6) is 0.287. The summed E-state index contributed by atoms with van der Waals surface area (Å²) in [6, 6.07) is 11.3. The van der Waals surface area contributed by atoms with Crippen LogP contribution in [0.4, 0.5) is 4.79 Å². The molecule has 2 N–H and O–H groups in total. The molecule has 0 radical (unpaired) electrons. The lowest BCUT2D eigenvalue weighted by molar-refractivity contribution is -0.127. The van der Waals surface area contributed by atoms with Crippen molar-refractivity contribution in [2.24, 2.45) is 0 Å². The lowest BCUT2D eigenvalue weighted by Gasteiger charge is -2.12. The first-order valence-electron chi connectivity index (χ1n) is 9.20. The number of imide groups is 1. The van der Waals surface area contributed by atoms with E-state index in [0.717, 1.165) is 21.4 Å². The minimum atomic E-state index is -0.703. The summed E-state index contributed by atoms with van der Waals surface area (Å²) in [4.78, 5) is 41.8. The number of nitrogens with one attached hydrogen (secondary N) is 2. The van der Waals surface area contributed by atoms with Crippen LogP contribution in [-0.4, -0.2) is 47.0 Å². The number of ether oxygens (including phenoxy) is 2. The van der Waals surface area contributed by atoms with Crippen molar-refractivity contribution in [2.75, 3.05) is 13.3 Å². The highest BCUT2D eigenvalue weighted by Crippen LogP contribution is 2.32. The number of fused-ring (bicyclic) bond motifs is 2. The molecule has 3 heterocycles. The molecule has 2 aliphatic rings. The van der Waals surface area contributed by atoms with Gasteiger partial charge in [-0.05, 0) is 29.8 Å². The van der Waals surface area contributed by atoms with Crippen molar-refractivity contribution >= 4 is 28.6 Å². The Morgan fingerprint density at radius 3 is 2.83 bits per heavy atom. The minimum Gasteiger partial charge on any atom is -0.454 e. The maximum Gasteiger partial charge on any atom is 0.325 e. The summed E-state index contributed by atoms with van der Waals surface area (Å²) < 4.78 is 10.5. The van der Waals surface area contributed by atoms with Gasteiger partial charge in [0.25, 0.3) is 5.91 Å². The van der Waals surface area contributed by atoms with E-state index in [1.807, 2.05) is 30.5 Å². The first-order valence-corrected chi connectivity index (χ1v) is 9.20. The number of urea groups is 1. The van der Waals surface area contributed by atoms with Crippen LogP contribution in [0.15, 0.2) is 48.7 Å². The van der Waals surface area contributed by atoms with Gasteiger partial charge < -0.3 is 19.8 Å². The van der Waals surface area contributed by atoms with Gasteiger partial charge in [0.05, 0.1) is 6.54 Å². The molecule has 3 aromatic rings. The van der Waals surface area contributed by atoms with Crippen molar-refractivity contribution in [3.63, 3.8) is 0 Å². The Balaban J connectivity index is 1.31. The SMILES string of the molecule is O=C(CN1C(=O)N[C@@H](Cc2c[nH]c3ccccc23)C1=O)c1ccc2c(c1)OCO2. The largest absolute Gasteiger partial charge is 0.454 e. The third-order valence-corrected chi connectivity index (χ3v) is 5.20. The molecule has 0 saturated carbocycles. The minimum absolute atomic E-state index is 0.107. The molecule has 29 heavy (non-hydrogen) atoms. The molecular formula is C21H17N3O5. The molecule has 3 amide bonds. The number of H-pyrrole nitrogens is 1. The molecule has 1 saturated heterocycles. The van der Waals surface area contributed by atoms with Gasteiger partial charge in [0.2, 0.25) is 6.79 Å². The van der Waals surface area contributed by atoms with Crippen LogP contribution in [0.2, 0.25) is 0 Å². The molecule has 1 fully saturated rings. The summed E-state index contributed by atoms with van der Waals surface area (Å²) in [5.41, 5.74) is 2.26. The summed E-state index contributed by atoms with van der Waals surface area (Å²) in [6.45, 7) is -0.218. The molecule has 2 aromatic carbocycles. The monoisotopic (exact) mass is 391 g/mol. The number of para-hydroxylation sites is 1. The van der Waals surface area contributed by atoms with E-state index >= 15 is 0 Å². The van der Waals surface area contributed by atoms with E-state index < -0.39 is 18.0 Å². The van der Waals surface area contributed by atoms with Crippen LogP contribution in [0.1, 0.15) is 15.9 Å². The molecule has 0 aliphatic carbocycles. The third kappa shape index (κ3) is 2.98. The number of carbonyl (C=O) groups is 3. The topological polar surface area (TPSA) is 101 Å². The summed E-state index contributed by atoms with van der Waals surface area (Å²) >= 11 is 0. The zero-order valence-electron chi connectivity index (χ0n) is 15.3. The standard InChI is InChI=1S/C21H17N3O5/c25-17(12-5-6-18-19(8-12)29-11-28-18)10-24-20(26)16(23-21(24)27)7-13-9-22-15-4-2-1-3-14(13)15/h1-6,8-9,16,22H,7,10-11H2,(H,23,27)/t16-/m0/s1. The second kappa shape index (κ2) is 6.66. The van der Waals surface area contributed by atoms with Gasteiger partial charge in [-0.15, -0.1) is 0 Å². The number of carbonyl (C=O) groups excluding carboxylic acids is 3. The number of benzene rings is 2. The second-order valence-corrected chi connectivity index (χ2v) is 6.98. The van der Waals surface area contributed by atoms with E-state index in [1.165, 1.54) is 0 Å². The molecule has 146 valence electrons. The molecule has 0 unspecified atom stereocenters. The number of nitrogens with zero attached hydrogens (tertiary/aromatic N) is 1. The molecule has 2 aliphatic heterocycles. The Morgan fingerprint density at radius 2 is 1.93 bits per heavy atom. The van der Waals surface area contributed by atoms with Crippen LogP contribution in [0.25, 0.3) is 10.9 Å². The van der Waals surface area contributed by atoms with Gasteiger partial charge in [0.15, 0.2) is 17.3 Å². The van der Waals surface area contributed by atoms with Crippen LogP contribution in [0.3, 0.4) is 0 Å². The van der Waals surface area contributed by atoms with Gasteiger partial charge in [0, 0.05) is 29.1 Å². The second-order valence-electron chi connectivity index (χ2n) is 6.98. The first-order chi connectivity index (χ1) is 14.1. The van der Waals surface area contributed by atoms with Crippen molar-refractivity contribution in [1.82, 2.24) is 15.2 Å². The lowest BCUT2D eigenvalue weighted by Crippen LogP contribution is -2.36. The summed E-state index contributed by atoms with van der Waals surface area (Å²) in [5, 5.41) is 3.69. The fourth-order valence-corrected chi connectivity index (χ4v) is 3.69. The Kier molecular flexibility index (Phi) is 3.97. The fraction of sp³-hybridized carbons (Fsp3) is 0.190. The van der Waals surface area contributed by atoms with Gasteiger partial charge in [-0.3, -0.25) is 14.5 Å². The Labute approximate surface area is 165 Å². The fourth-order valence-electron chi connectivity index (χ4n) is 3.69. The van der Waals surface area contributed by atoms with Gasteiger partial charge in [-0.2, -0.15) is 0 Å². The van der Waals surface area contributed by atoms with Crippen LogP contribution < -0.4 is 14.8 Å². The number of hydrogen-bond acceptors (Lipinski definition) is 5. The molecule has 1 atom stereocenters. The van der Waals surface area contributed by atoms with E-state index in [0.29, 0.717) is 23.5 Å². The van der Waals surface area contributed by atoms with Crippen LogP contribution in [0, 0.1) is 0 Å². The normalized spacial score (nSPS) is 17.8. The van der Waals surface area contributed by atoms with Crippen LogP contribution >= 0.6 is 0 Å². The van der Waals surface area contributed by atoms with Crippen molar-refractivity contribution in [1.29, 1.82) is 0 Å². The summed E-state index contributed by atoms with van der Waals surface area (Å²) in [7, 11) is 0. The predicted octanol–water partition coefficient (Wildman–Crippen LogP) is 2.24. The van der Waals surface area contributed by atoms with Gasteiger partial charge >= 0.3 is 6.03 Å². The smallest absolute Gasteiger partial charge is 0.325 e. The van der Waals surface area contributed by atoms with Gasteiger partial charge in [-0.25, -0.2) is 4.79 Å².